The summed E-state index contributed by atoms with van der Waals surface area (Å²) in [5.41, 5.74) is 3.42. The zero-order valence-electron chi connectivity index (χ0n) is 12.1. The van der Waals surface area contributed by atoms with E-state index in [1.165, 1.54) is 11.1 Å². The second-order valence-electron chi connectivity index (χ2n) is 5.89. The molecule has 1 amide bonds. The van der Waals surface area contributed by atoms with Crippen LogP contribution in [0.25, 0.3) is 0 Å². The molecule has 1 saturated heterocycles. The van der Waals surface area contributed by atoms with E-state index in [0.717, 1.165) is 18.7 Å². The number of hydrogen-bond acceptors (Lipinski definition) is 2. The second-order valence-corrected chi connectivity index (χ2v) is 6.30. The number of piperazine rings is 1. The molecule has 2 aliphatic heterocycles. The summed E-state index contributed by atoms with van der Waals surface area (Å²) in [5, 5.41) is 3.65. The van der Waals surface area contributed by atoms with E-state index in [9.17, 15) is 4.79 Å². The molecule has 1 N–H and O–H groups in total. The van der Waals surface area contributed by atoms with Crippen molar-refractivity contribution in [1.82, 2.24) is 10.2 Å². The number of carbonyl (C=O) groups is 1. The van der Waals surface area contributed by atoms with Gasteiger partial charge in [0.25, 0.3) is 0 Å². The fourth-order valence-electron chi connectivity index (χ4n) is 3.67. The average Bonchev–Trinajstić information content (AvgIpc) is 2.55. The standard InChI is InChI=1S/C18H17ClN2O/c19-15-8-4-7-13-14(12-5-2-1-3-6-12)11-21-10-9-20-18(22)17(21)16(13)15/h1-8,14,17H,9-11H2,(H,20,22)/t14-,17+/m0/s1. The van der Waals surface area contributed by atoms with Crippen LogP contribution in [0.4, 0.5) is 0 Å². The van der Waals surface area contributed by atoms with E-state index in [4.69, 9.17) is 11.6 Å². The van der Waals surface area contributed by atoms with Crippen molar-refractivity contribution in [1.29, 1.82) is 0 Å². The predicted molar refractivity (Wildman–Crippen MR) is 87.1 cm³/mol. The largest absolute Gasteiger partial charge is 0.353 e. The van der Waals surface area contributed by atoms with Gasteiger partial charge in [-0.15, -0.1) is 0 Å². The molecule has 2 atom stereocenters. The normalized spacial score (nSPS) is 24.3. The minimum atomic E-state index is -0.252. The molecule has 2 aromatic carbocycles. The lowest BCUT2D eigenvalue weighted by molar-refractivity contribution is -0.129. The van der Waals surface area contributed by atoms with Crippen LogP contribution in [0.3, 0.4) is 0 Å². The Kier molecular flexibility index (Phi) is 3.40. The van der Waals surface area contributed by atoms with Gasteiger partial charge < -0.3 is 5.32 Å². The first kappa shape index (κ1) is 13.8. The number of halogens is 1. The van der Waals surface area contributed by atoms with E-state index >= 15 is 0 Å². The van der Waals surface area contributed by atoms with E-state index in [1.807, 2.05) is 18.2 Å². The molecular formula is C18H17ClN2O. The highest BCUT2D eigenvalue weighted by atomic mass is 35.5. The number of nitrogens with one attached hydrogen (secondary N) is 1. The van der Waals surface area contributed by atoms with Crippen LogP contribution < -0.4 is 5.32 Å². The number of hydrogen-bond donors (Lipinski definition) is 1. The zero-order chi connectivity index (χ0) is 15.1. The van der Waals surface area contributed by atoms with Gasteiger partial charge in [-0.05, 0) is 17.2 Å². The molecule has 0 unspecified atom stereocenters. The molecule has 4 rings (SSSR count). The maximum atomic E-state index is 12.4. The van der Waals surface area contributed by atoms with Crippen molar-refractivity contribution in [3.05, 3.63) is 70.2 Å². The van der Waals surface area contributed by atoms with Crippen LogP contribution in [0.1, 0.15) is 28.7 Å². The molecule has 2 aromatic rings. The number of amides is 1. The van der Waals surface area contributed by atoms with Crippen LogP contribution in [0.15, 0.2) is 48.5 Å². The van der Waals surface area contributed by atoms with E-state index in [0.29, 0.717) is 11.6 Å². The van der Waals surface area contributed by atoms with Crippen molar-refractivity contribution in [3.63, 3.8) is 0 Å². The van der Waals surface area contributed by atoms with Gasteiger partial charge in [0.15, 0.2) is 0 Å². The van der Waals surface area contributed by atoms with Crippen LogP contribution in [0.5, 0.6) is 0 Å². The lowest BCUT2D eigenvalue weighted by Gasteiger charge is -2.43. The summed E-state index contributed by atoms with van der Waals surface area (Å²) >= 11 is 6.47. The molecule has 22 heavy (non-hydrogen) atoms. The number of nitrogens with zero attached hydrogens (tertiary/aromatic N) is 1. The minimum Gasteiger partial charge on any atom is -0.353 e. The third-order valence-corrected chi connectivity index (χ3v) is 5.00. The molecular weight excluding hydrogens is 296 g/mol. The Morgan fingerprint density at radius 2 is 1.91 bits per heavy atom. The van der Waals surface area contributed by atoms with E-state index in [2.05, 4.69) is 40.5 Å². The summed E-state index contributed by atoms with van der Waals surface area (Å²) in [6.07, 6.45) is 0. The molecule has 0 spiro atoms. The van der Waals surface area contributed by atoms with Gasteiger partial charge in [0.2, 0.25) is 5.91 Å². The summed E-state index contributed by atoms with van der Waals surface area (Å²) in [5.74, 6) is 0.323. The highest BCUT2D eigenvalue weighted by molar-refractivity contribution is 6.31. The summed E-state index contributed by atoms with van der Waals surface area (Å²) in [7, 11) is 0. The molecule has 0 saturated carbocycles. The van der Waals surface area contributed by atoms with Crippen LogP contribution in [-0.2, 0) is 4.79 Å². The summed E-state index contributed by atoms with van der Waals surface area (Å²) in [6, 6.07) is 16.2. The SMILES string of the molecule is O=C1NCCN2C[C@@H](c3ccccc3)c3cccc(Cl)c3[C@H]12. The maximum Gasteiger partial charge on any atom is 0.242 e. The fourth-order valence-corrected chi connectivity index (χ4v) is 3.96. The first-order chi connectivity index (χ1) is 10.8. The Hall–Kier alpha value is -1.84. The Morgan fingerprint density at radius 3 is 2.73 bits per heavy atom. The van der Waals surface area contributed by atoms with E-state index in [1.54, 1.807) is 0 Å². The average molecular weight is 313 g/mol. The molecule has 0 aliphatic carbocycles. The van der Waals surface area contributed by atoms with Crippen molar-refractivity contribution in [2.75, 3.05) is 19.6 Å². The number of carbonyl (C=O) groups excluding carboxylic acids is 1. The maximum absolute atomic E-state index is 12.4. The quantitative estimate of drug-likeness (QED) is 0.878. The first-order valence-electron chi connectivity index (χ1n) is 7.60. The van der Waals surface area contributed by atoms with Gasteiger partial charge in [-0.1, -0.05) is 54.1 Å². The van der Waals surface area contributed by atoms with Crippen LogP contribution in [-0.4, -0.2) is 30.4 Å². The predicted octanol–water partition coefficient (Wildman–Crippen LogP) is 2.96. The lowest BCUT2D eigenvalue weighted by atomic mass is 9.80. The molecule has 2 heterocycles. The topological polar surface area (TPSA) is 32.3 Å². The number of rotatable bonds is 1. The summed E-state index contributed by atoms with van der Waals surface area (Å²) < 4.78 is 0. The second kappa shape index (κ2) is 5.41. The van der Waals surface area contributed by atoms with Gasteiger partial charge in [0.05, 0.1) is 0 Å². The van der Waals surface area contributed by atoms with Gasteiger partial charge in [0.1, 0.15) is 6.04 Å². The number of benzene rings is 2. The summed E-state index contributed by atoms with van der Waals surface area (Å²) in [4.78, 5) is 14.6. The molecule has 112 valence electrons. The highest BCUT2D eigenvalue weighted by Gasteiger charge is 2.40. The first-order valence-corrected chi connectivity index (χ1v) is 7.98. The Bertz CT molecular complexity index is 716. The van der Waals surface area contributed by atoms with Gasteiger partial charge in [0, 0.05) is 36.1 Å². The molecule has 4 heteroatoms. The van der Waals surface area contributed by atoms with Gasteiger partial charge in [-0.25, -0.2) is 0 Å². The molecule has 2 aliphatic rings. The van der Waals surface area contributed by atoms with Crippen LogP contribution in [0.2, 0.25) is 5.02 Å². The van der Waals surface area contributed by atoms with Gasteiger partial charge in [-0.2, -0.15) is 0 Å². The molecule has 1 fully saturated rings. The molecule has 0 radical (unpaired) electrons. The van der Waals surface area contributed by atoms with Crippen molar-refractivity contribution in [2.24, 2.45) is 0 Å². The van der Waals surface area contributed by atoms with Gasteiger partial charge >= 0.3 is 0 Å². The highest BCUT2D eigenvalue weighted by Crippen LogP contribution is 2.43. The number of fused-ring (bicyclic) bond motifs is 3. The third kappa shape index (κ3) is 2.13. The van der Waals surface area contributed by atoms with E-state index in [-0.39, 0.29) is 17.9 Å². The summed E-state index contributed by atoms with van der Waals surface area (Å²) in [6.45, 7) is 2.43. The Morgan fingerprint density at radius 1 is 1.09 bits per heavy atom. The molecule has 0 bridgehead atoms. The van der Waals surface area contributed by atoms with Gasteiger partial charge in [-0.3, -0.25) is 9.69 Å². The fraction of sp³-hybridized carbons (Fsp3) is 0.278. The van der Waals surface area contributed by atoms with Crippen molar-refractivity contribution in [3.8, 4) is 0 Å². The van der Waals surface area contributed by atoms with E-state index < -0.39 is 0 Å². The molecule has 3 nitrogen and oxygen atoms in total. The third-order valence-electron chi connectivity index (χ3n) is 4.67. The van der Waals surface area contributed by atoms with Crippen LogP contribution in [0, 0.1) is 0 Å². The smallest absolute Gasteiger partial charge is 0.242 e. The minimum absolute atomic E-state index is 0.0621. The Balaban J connectivity index is 1.88. The Labute approximate surface area is 134 Å². The molecule has 0 aromatic heterocycles. The zero-order valence-corrected chi connectivity index (χ0v) is 12.9. The van der Waals surface area contributed by atoms with Crippen molar-refractivity contribution >= 4 is 17.5 Å². The van der Waals surface area contributed by atoms with Crippen molar-refractivity contribution < 1.29 is 4.79 Å². The monoisotopic (exact) mass is 312 g/mol. The van der Waals surface area contributed by atoms with Crippen LogP contribution >= 0.6 is 11.6 Å². The lowest BCUT2D eigenvalue weighted by Crippen LogP contribution is -2.53. The van der Waals surface area contributed by atoms with Crippen molar-refractivity contribution in [2.45, 2.75) is 12.0 Å².